The van der Waals surface area contributed by atoms with Crippen LogP contribution in [0.3, 0.4) is 0 Å². The molecule has 0 radical (unpaired) electrons. The Morgan fingerprint density at radius 2 is 1.71 bits per heavy atom. The molecule has 21 heavy (non-hydrogen) atoms. The Morgan fingerprint density at radius 3 is 2.33 bits per heavy atom. The molecule has 114 valence electrons. The van der Waals surface area contributed by atoms with E-state index in [1.165, 1.54) is 5.69 Å². The number of anilines is 2. The maximum Gasteiger partial charge on any atom is 0.132 e. The Kier molecular flexibility index (Phi) is 6.43. The maximum absolute atomic E-state index is 4.40. The lowest BCUT2D eigenvalue weighted by Crippen LogP contribution is -2.22. The summed E-state index contributed by atoms with van der Waals surface area (Å²) in [5.41, 5.74) is 3.25. The van der Waals surface area contributed by atoms with Crippen molar-refractivity contribution < 1.29 is 0 Å². The number of rotatable bonds is 5. The Hall–Kier alpha value is -1.81. The second-order valence-corrected chi connectivity index (χ2v) is 4.88. The van der Waals surface area contributed by atoms with Gasteiger partial charge in [-0.25, -0.2) is 9.97 Å². The largest absolute Gasteiger partial charge is 0.378 e. The average Bonchev–Trinajstić information content (AvgIpc) is 2.49. The molecule has 0 fully saturated rings. The Balaban J connectivity index is 0.00000220. The first kappa shape index (κ1) is 17.2. The molecule has 0 aliphatic heterocycles. The van der Waals surface area contributed by atoms with E-state index in [4.69, 9.17) is 0 Å². The maximum atomic E-state index is 4.40. The number of hydrogen-bond acceptors (Lipinski definition) is 4. The molecule has 0 saturated heterocycles. The van der Waals surface area contributed by atoms with Crippen LogP contribution in [0, 0.1) is 0 Å². The van der Waals surface area contributed by atoms with E-state index in [2.05, 4.69) is 63.9 Å². The smallest absolute Gasteiger partial charge is 0.132 e. The minimum Gasteiger partial charge on any atom is -0.378 e. The van der Waals surface area contributed by atoms with Crippen molar-refractivity contribution in [2.75, 3.05) is 37.0 Å². The Labute approximate surface area is 133 Å². The predicted octanol–water partition coefficient (Wildman–Crippen LogP) is 3.48. The number of aromatic nitrogens is 2. The van der Waals surface area contributed by atoms with Crippen LogP contribution < -0.4 is 9.80 Å². The van der Waals surface area contributed by atoms with Crippen LogP contribution in [0.5, 0.6) is 0 Å². The highest BCUT2D eigenvalue weighted by Gasteiger charge is 2.07. The average molecular weight is 307 g/mol. The predicted molar refractivity (Wildman–Crippen MR) is 92.6 cm³/mol. The van der Waals surface area contributed by atoms with E-state index in [0.717, 1.165) is 30.2 Å². The standard InChI is InChI=1S/C16H22N4.ClH/c1-5-20(6-2)16-11-15(17-12-18-16)13-8-7-9-14(10-13)19(3)4;/h7-12H,5-6H2,1-4H3;1H. The molecule has 0 spiro atoms. The van der Waals surface area contributed by atoms with Crippen molar-refractivity contribution in [2.45, 2.75) is 13.8 Å². The van der Waals surface area contributed by atoms with E-state index in [0.29, 0.717) is 0 Å². The molecule has 0 atom stereocenters. The van der Waals surface area contributed by atoms with E-state index in [1.54, 1.807) is 6.33 Å². The summed E-state index contributed by atoms with van der Waals surface area (Å²) < 4.78 is 0. The first-order valence-corrected chi connectivity index (χ1v) is 7.00. The molecule has 0 bridgehead atoms. The van der Waals surface area contributed by atoms with E-state index in [1.807, 2.05) is 14.1 Å². The zero-order valence-corrected chi connectivity index (χ0v) is 13.9. The van der Waals surface area contributed by atoms with E-state index in [9.17, 15) is 0 Å². The van der Waals surface area contributed by atoms with Gasteiger partial charge in [0.15, 0.2) is 0 Å². The molecular weight excluding hydrogens is 284 g/mol. The second kappa shape index (κ2) is 7.84. The molecule has 1 aromatic carbocycles. The van der Waals surface area contributed by atoms with Crippen molar-refractivity contribution >= 4 is 23.9 Å². The summed E-state index contributed by atoms with van der Waals surface area (Å²) in [5, 5.41) is 0. The van der Waals surface area contributed by atoms with E-state index in [-0.39, 0.29) is 12.4 Å². The van der Waals surface area contributed by atoms with Gasteiger partial charge in [0.05, 0.1) is 5.69 Å². The molecule has 0 saturated carbocycles. The SMILES string of the molecule is CCN(CC)c1cc(-c2cccc(N(C)C)c2)ncn1.Cl. The van der Waals surface area contributed by atoms with Gasteiger partial charge in [0, 0.05) is 44.5 Å². The van der Waals surface area contributed by atoms with Crippen molar-refractivity contribution in [3.63, 3.8) is 0 Å². The van der Waals surface area contributed by atoms with Gasteiger partial charge in [-0.2, -0.15) is 0 Å². The summed E-state index contributed by atoms with van der Waals surface area (Å²) in [7, 11) is 4.08. The number of hydrogen-bond donors (Lipinski definition) is 0. The van der Waals surface area contributed by atoms with Crippen LogP contribution in [-0.2, 0) is 0 Å². The fourth-order valence-corrected chi connectivity index (χ4v) is 2.17. The van der Waals surface area contributed by atoms with Gasteiger partial charge < -0.3 is 9.80 Å². The molecule has 5 heteroatoms. The molecule has 0 aliphatic carbocycles. The van der Waals surface area contributed by atoms with Gasteiger partial charge in [-0.15, -0.1) is 12.4 Å². The molecule has 0 amide bonds. The van der Waals surface area contributed by atoms with Crippen LogP contribution in [0.15, 0.2) is 36.7 Å². The van der Waals surface area contributed by atoms with Crippen LogP contribution >= 0.6 is 12.4 Å². The molecule has 0 aliphatic rings. The quantitative estimate of drug-likeness (QED) is 0.846. The number of nitrogens with zero attached hydrogens (tertiary/aromatic N) is 4. The van der Waals surface area contributed by atoms with Gasteiger partial charge in [-0.3, -0.25) is 0 Å². The van der Waals surface area contributed by atoms with Crippen LogP contribution in [-0.4, -0.2) is 37.2 Å². The summed E-state index contributed by atoms with van der Waals surface area (Å²) in [5.74, 6) is 0.982. The lowest BCUT2D eigenvalue weighted by atomic mass is 10.1. The van der Waals surface area contributed by atoms with Gasteiger partial charge in [0.1, 0.15) is 12.1 Å². The van der Waals surface area contributed by atoms with E-state index < -0.39 is 0 Å². The second-order valence-electron chi connectivity index (χ2n) is 4.88. The first-order valence-electron chi connectivity index (χ1n) is 7.00. The zero-order chi connectivity index (χ0) is 14.5. The minimum absolute atomic E-state index is 0. The molecule has 1 aromatic heterocycles. The molecule has 0 N–H and O–H groups in total. The van der Waals surface area contributed by atoms with Crippen molar-refractivity contribution in [1.82, 2.24) is 9.97 Å². The minimum atomic E-state index is 0. The third kappa shape index (κ3) is 4.08. The van der Waals surface area contributed by atoms with Crippen molar-refractivity contribution in [1.29, 1.82) is 0 Å². The topological polar surface area (TPSA) is 32.3 Å². The lowest BCUT2D eigenvalue weighted by Gasteiger charge is -2.20. The van der Waals surface area contributed by atoms with Gasteiger partial charge in [-0.05, 0) is 26.0 Å². The fourth-order valence-electron chi connectivity index (χ4n) is 2.17. The van der Waals surface area contributed by atoms with Gasteiger partial charge >= 0.3 is 0 Å². The van der Waals surface area contributed by atoms with E-state index >= 15 is 0 Å². The van der Waals surface area contributed by atoms with Crippen LogP contribution in [0.2, 0.25) is 0 Å². The summed E-state index contributed by atoms with van der Waals surface area (Å²) in [6, 6.07) is 10.4. The third-order valence-corrected chi connectivity index (χ3v) is 3.40. The normalized spacial score (nSPS) is 9.90. The Bertz CT molecular complexity index is 568. The monoisotopic (exact) mass is 306 g/mol. The highest BCUT2D eigenvalue weighted by Crippen LogP contribution is 2.24. The van der Waals surface area contributed by atoms with Crippen LogP contribution in [0.4, 0.5) is 11.5 Å². The molecule has 2 rings (SSSR count). The van der Waals surface area contributed by atoms with Crippen molar-refractivity contribution in [3.05, 3.63) is 36.7 Å². The lowest BCUT2D eigenvalue weighted by molar-refractivity contribution is 0.842. The first-order chi connectivity index (χ1) is 9.65. The van der Waals surface area contributed by atoms with Crippen LogP contribution in [0.1, 0.15) is 13.8 Å². The Morgan fingerprint density at radius 1 is 1.00 bits per heavy atom. The van der Waals surface area contributed by atoms with Crippen molar-refractivity contribution in [3.8, 4) is 11.3 Å². The summed E-state index contributed by atoms with van der Waals surface area (Å²) in [6.07, 6.45) is 1.64. The molecule has 2 aromatic rings. The molecular formula is C16H23ClN4. The zero-order valence-electron chi connectivity index (χ0n) is 13.1. The molecule has 4 nitrogen and oxygen atoms in total. The van der Waals surface area contributed by atoms with Gasteiger partial charge in [0.2, 0.25) is 0 Å². The van der Waals surface area contributed by atoms with Gasteiger partial charge in [-0.1, -0.05) is 12.1 Å². The third-order valence-electron chi connectivity index (χ3n) is 3.40. The number of benzene rings is 1. The fraction of sp³-hybridized carbons (Fsp3) is 0.375. The summed E-state index contributed by atoms with van der Waals surface area (Å²) in [4.78, 5) is 13.1. The molecule has 0 unspecified atom stereocenters. The van der Waals surface area contributed by atoms with Crippen molar-refractivity contribution in [2.24, 2.45) is 0 Å². The molecule has 1 heterocycles. The number of halogens is 1. The highest BCUT2D eigenvalue weighted by molar-refractivity contribution is 5.85. The highest BCUT2D eigenvalue weighted by atomic mass is 35.5. The summed E-state index contributed by atoms with van der Waals surface area (Å²) in [6.45, 7) is 6.17. The summed E-state index contributed by atoms with van der Waals surface area (Å²) >= 11 is 0. The van der Waals surface area contributed by atoms with Crippen LogP contribution in [0.25, 0.3) is 11.3 Å². The van der Waals surface area contributed by atoms with Gasteiger partial charge in [0.25, 0.3) is 0 Å².